The topological polar surface area (TPSA) is 68.0 Å². The highest BCUT2D eigenvalue weighted by Gasteiger charge is 2.07. The Labute approximate surface area is 110 Å². The van der Waals surface area contributed by atoms with Crippen LogP contribution in [0.4, 0.5) is 11.5 Å². The molecule has 0 aliphatic heterocycles. The summed E-state index contributed by atoms with van der Waals surface area (Å²) in [5.74, 6) is 0.0691. The lowest BCUT2D eigenvalue weighted by Gasteiger charge is -2.05. The Morgan fingerprint density at radius 2 is 1.94 bits per heavy atom. The standard InChI is InChI=1S/C13H13N3OS/c1-18-10-7-5-9(6-8-10)15-13(17)11-3-2-4-12(14)16-11/h2-8H,1H3,(H2,14,16)(H,15,17). The van der Waals surface area contributed by atoms with Crippen LogP contribution in [-0.2, 0) is 0 Å². The minimum absolute atomic E-state index is 0.265. The summed E-state index contributed by atoms with van der Waals surface area (Å²) in [7, 11) is 0. The first-order valence-electron chi connectivity index (χ1n) is 5.37. The maximum absolute atomic E-state index is 11.9. The molecule has 1 amide bonds. The molecule has 1 aromatic carbocycles. The van der Waals surface area contributed by atoms with Crippen LogP contribution in [0, 0.1) is 0 Å². The average molecular weight is 259 g/mol. The first-order valence-corrected chi connectivity index (χ1v) is 6.59. The van der Waals surface area contributed by atoms with Crippen molar-refractivity contribution in [3.63, 3.8) is 0 Å². The molecule has 0 unspecified atom stereocenters. The highest BCUT2D eigenvalue weighted by atomic mass is 32.2. The number of thioether (sulfide) groups is 1. The first-order chi connectivity index (χ1) is 8.69. The van der Waals surface area contributed by atoms with Crippen LogP contribution in [0.1, 0.15) is 10.5 Å². The summed E-state index contributed by atoms with van der Waals surface area (Å²) in [6.45, 7) is 0. The highest BCUT2D eigenvalue weighted by molar-refractivity contribution is 7.98. The number of rotatable bonds is 3. The van der Waals surface area contributed by atoms with Gasteiger partial charge in [-0.15, -0.1) is 11.8 Å². The smallest absolute Gasteiger partial charge is 0.274 e. The van der Waals surface area contributed by atoms with Gasteiger partial charge in [0.1, 0.15) is 11.5 Å². The second-order valence-corrected chi connectivity index (χ2v) is 4.51. The first kappa shape index (κ1) is 12.4. The molecule has 0 fully saturated rings. The number of hydrogen-bond acceptors (Lipinski definition) is 4. The van der Waals surface area contributed by atoms with Crippen molar-refractivity contribution in [2.24, 2.45) is 0 Å². The van der Waals surface area contributed by atoms with Crippen LogP contribution in [0.25, 0.3) is 0 Å². The van der Waals surface area contributed by atoms with E-state index >= 15 is 0 Å². The van der Waals surface area contributed by atoms with Crippen LogP contribution in [0.2, 0.25) is 0 Å². The zero-order valence-corrected chi connectivity index (χ0v) is 10.7. The van der Waals surface area contributed by atoms with Gasteiger partial charge in [-0.2, -0.15) is 0 Å². The predicted molar refractivity (Wildman–Crippen MR) is 74.8 cm³/mol. The van der Waals surface area contributed by atoms with E-state index in [1.165, 1.54) is 0 Å². The Kier molecular flexibility index (Phi) is 3.84. The zero-order chi connectivity index (χ0) is 13.0. The lowest BCUT2D eigenvalue weighted by Crippen LogP contribution is -2.14. The van der Waals surface area contributed by atoms with E-state index in [-0.39, 0.29) is 5.91 Å². The number of benzene rings is 1. The third-order valence-corrected chi connectivity index (χ3v) is 3.09. The van der Waals surface area contributed by atoms with Gasteiger partial charge in [0.25, 0.3) is 5.91 Å². The van der Waals surface area contributed by atoms with Gasteiger partial charge in [0.2, 0.25) is 0 Å². The third-order valence-electron chi connectivity index (χ3n) is 2.35. The van der Waals surface area contributed by atoms with Crippen LogP contribution >= 0.6 is 11.8 Å². The van der Waals surface area contributed by atoms with Crippen molar-refractivity contribution in [2.45, 2.75) is 4.90 Å². The van der Waals surface area contributed by atoms with E-state index in [4.69, 9.17) is 5.73 Å². The number of carbonyl (C=O) groups is 1. The van der Waals surface area contributed by atoms with Gasteiger partial charge in [-0.25, -0.2) is 4.98 Å². The van der Waals surface area contributed by atoms with Gasteiger partial charge in [0, 0.05) is 10.6 Å². The number of nitrogens with one attached hydrogen (secondary N) is 1. The maximum atomic E-state index is 11.9. The minimum atomic E-state index is -0.265. The quantitative estimate of drug-likeness (QED) is 0.831. The number of nitrogens with zero attached hydrogens (tertiary/aromatic N) is 1. The summed E-state index contributed by atoms with van der Waals surface area (Å²) in [4.78, 5) is 17.0. The molecule has 0 bridgehead atoms. The van der Waals surface area contributed by atoms with Crippen molar-refractivity contribution >= 4 is 29.2 Å². The van der Waals surface area contributed by atoms with Gasteiger partial charge in [-0.1, -0.05) is 6.07 Å². The fourth-order valence-corrected chi connectivity index (χ4v) is 1.86. The van der Waals surface area contributed by atoms with Gasteiger partial charge < -0.3 is 11.1 Å². The fourth-order valence-electron chi connectivity index (χ4n) is 1.45. The van der Waals surface area contributed by atoms with E-state index in [1.54, 1.807) is 30.0 Å². The second kappa shape index (κ2) is 5.55. The van der Waals surface area contributed by atoms with Gasteiger partial charge in [0.05, 0.1) is 0 Å². The number of pyridine rings is 1. The second-order valence-electron chi connectivity index (χ2n) is 3.63. The number of anilines is 2. The number of hydrogen-bond donors (Lipinski definition) is 2. The third kappa shape index (κ3) is 3.01. The Bertz CT molecular complexity index is 554. The molecule has 0 radical (unpaired) electrons. The normalized spacial score (nSPS) is 10.1. The molecule has 1 heterocycles. The lowest BCUT2D eigenvalue weighted by atomic mass is 10.3. The summed E-state index contributed by atoms with van der Waals surface area (Å²) in [6, 6.07) is 12.6. The van der Waals surface area contributed by atoms with Crippen molar-refractivity contribution in [1.82, 2.24) is 4.98 Å². The molecule has 0 saturated heterocycles. The molecule has 0 atom stereocenters. The number of aromatic nitrogens is 1. The lowest BCUT2D eigenvalue weighted by molar-refractivity contribution is 0.102. The number of amides is 1. The summed E-state index contributed by atoms with van der Waals surface area (Å²) < 4.78 is 0. The van der Waals surface area contributed by atoms with E-state index < -0.39 is 0 Å². The Morgan fingerprint density at radius 1 is 1.22 bits per heavy atom. The van der Waals surface area contributed by atoms with Crippen molar-refractivity contribution in [1.29, 1.82) is 0 Å². The number of nitrogen functional groups attached to an aromatic ring is 1. The molecular formula is C13H13N3OS. The highest BCUT2D eigenvalue weighted by Crippen LogP contribution is 2.17. The summed E-state index contributed by atoms with van der Waals surface area (Å²) in [5.41, 5.74) is 6.58. The molecule has 0 saturated carbocycles. The summed E-state index contributed by atoms with van der Waals surface area (Å²) in [6.07, 6.45) is 2.00. The fraction of sp³-hybridized carbons (Fsp3) is 0.0769. The minimum Gasteiger partial charge on any atom is -0.384 e. The van der Waals surface area contributed by atoms with Crippen LogP contribution in [0.3, 0.4) is 0 Å². The molecule has 4 nitrogen and oxygen atoms in total. The molecule has 0 aliphatic rings. The zero-order valence-electron chi connectivity index (χ0n) is 9.88. The van der Waals surface area contributed by atoms with Crippen molar-refractivity contribution in [2.75, 3.05) is 17.3 Å². The Balaban J connectivity index is 2.11. The van der Waals surface area contributed by atoms with Crippen LogP contribution in [0.5, 0.6) is 0 Å². The van der Waals surface area contributed by atoms with Crippen LogP contribution < -0.4 is 11.1 Å². The van der Waals surface area contributed by atoms with E-state index in [2.05, 4.69) is 10.3 Å². The van der Waals surface area contributed by atoms with Crippen molar-refractivity contribution < 1.29 is 4.79 Å². The monoisotopic (exact) mass is 259 g/mol. The molecule has 1 aromatic heterocycles. The van der Waals surface area contributed by atoms with E-state index in [1.807, 2.05) is 30.5 Å². The largest absolute Gasteiger partial charge is 0.384 e. The predicted octanol–water partition coefficient (Wildman–Crippen LogP) is 2.64. The molecule has 0 aliphatic carbocycles. The van der Waals surface area contributed by atoms with E-state index in [0.29, 0.717) is 11.5 Å². The van der Waals surface area contributed by atoms with Gasteiger partial charge >= 0.3 is 0 Å². The average Bonchev–Trinajstić information content (AvgIpc) is 2.39. The van der Waals surface area contributed by atoms with Gasteiger partial charge in [-0.3, -0.25) is 4.79 Å². The molecular weight excluding hydrogens is 246 g/mol. The van der Waals surface area contributed by atoms with Gasteiger partial charge in [0.15, 0.2) is 0 Å². The van der Waals surface area contributed by atoms with Crippen LogP contribution in [-0.4, -0.2) is 17.1 Å². The summed E-state index contributed by atoms with van der Waals surface area (Å²) in [5, 5.41) is 2.77. The SMILES string of the molecule is CSc1ccc(NC(=O)c2cccc(N)n2)cc1. The molecule has 2 aromatic rings. The Morgan fingerprint density at radius 3 is 2.56 bits per heavy atom. The van der Waals surface area contributed by atoms with Crippen molar-refractivity contribution in [3.8, 4) is 0 Å². The van der Waals surface area contributed by atoms with E-state index in [0.717, 1.165) is 10.6 Å². The molecule has 18 heavy (non-hydrogen) atoms. The molecule has 0 spiro atoms. The van der Waals surface area contributed by atoms with Crippen LogP contribution in [0.15, 0.2) is 47.4 Å². The molecule has 92 valence electrons. The number of carbonyl (C=O) groups excluding carboxylic acids is 1. The molecule has 2 rings (SSSR count). The Hall–Kier alpha value is -2.01. The number of nitrogens with two attached hydrogens (primary N) is 1. The summed E-state index contributed by atoms with van der Waals surface area (Å²) >= 11 is 1.65. The van der Waals surface area contributed by atoms with Crippen molar-refractivity contribution in [3.05, 3.63) is 48.2 Å². The van der Waals surface area contributed by atoms with Gasteiger partial charge in [-0.05, 0) is 42.7 Å². The molecule has 5 heteroatoms. The molecule has 3 N–H and O–H groups in total. The van der Waals surface area contributed by atoms with E-state index in [9.17, 15) is 4.79 Å². The maximum Gasteiger partial charge on any atom is 0.274 e.